The van der Waals surface area contributed by atoms with Crippen molar-refractivity contribution in [2.24, 2.45) is 0 Å². The number of para-hydroxylation sites is 1. The van der Waals surface area contributed by atoms with Crippen LogP contribution in [0.5, 0.6) is 0 Å². The second-order valence-electron chi connectivity index (χ2n) is 6.69. The SMILES string of the molecule is CCCCc1ccc(-n2nnnc2SC(C)c2nnnn2-c2ccccc2)cc1. The lowest BCUT2D eigenvalue weighted by atomic mass is 10.1. The molecule has 148 valence electrons. The minimum atomic E-state index is -0.0428. The summed E-state index contributed by atoms with van der Waals surface area (Å²) in [5, 5.41) is 25.1. The van der Waals surface area contributed by atoms with E-state index in [0.29, 0.717) is 5.16 Å². The van der Waals surface area contributed by atoms with Gasteiger partial charge in [0.1, 0.15) is 0 Å². The van der Waals surface area contributed by atoms with Crippen molar-refractivity contribution >= 4 is 11.8 Å². The molecule has 2 aromatic heterocycles. The van der Waals surface area contributed by atoms with E-state index in [1.54, 1.807) is 9.36 Å². The molecular weight excluding hydrogens is 384 g/mol. The van der Waals surface area contributed by atoms with Crippen LogP contribution in [0.25, 0.3) is 11.4 Å². The summed E-state index contributed by atoms with van der Waals surface area (Å²) in [4.78, 5) is 0. The second-order valence-corrected chi connectivity index (χ2v) is 8.00. The van der Waals surface area contributed by atoms with Crippen LogP contribution in [0.4, 0.5) is 0 Å². The van der Waals surface area contributed by atoms with Gasteiger partial charge in [-0.15, -0.1) is 10.2 Å². The third-order valence-electron chi connectivity index (χ3n) is 4.58. The molecule has 0 radical (unpaired) electrons. The van der Waals surface area contributed by atoms with Crippen LogP contribution >= 0.6 is 11.8 Å². The van der Waals surface area contributed by atoms with Gasteiger partial charge in [-0.2, -0.15) is 9.36 Å². The molecule has 0 amide bonds. The molecule has 0 saturated carbocycles. The largest absolute Gasteiger partial charge is 0.214 e. The first-order chi connectivity index (χ1) is 14.3. The van der Waals surface area contributed by atoms with E-state index in [1.807, 2.05) is 37.3 Å². The van der Waals surface area contributed by atoms with Crippen molar-refractivity contribution in [2.45, 2.75) is 43.5 Å². The van der Waals surface area contributed by atoms with E-state index in [1.165, 1.54) is 30.2 Å². The quantitative estimate of drug-likeness (QED) is 0.411. The third kappa shape index (κ3) is 4.34. The minimum Gasteiger partial charge on any atom is -0.196 e. The molecular formula is C20H22N8S. The highest BCUT2D eigenvalue weighted by Crippen LogP contribution is 2.33. The number of benzene rings is 2. The van der Waals surface area contributed by atoms with Crippen LogP contribution < -0.4 is 0 Å². The monoisotopic (exact) mass is 406 g/mol. The van der Waals surface area contributed by atoms with Crippen molar-refractivity contribution in [3.63, 3.8) is 0 Å². The summed E-state index contributed by atoms with van der Waals surface area (Å²) >= 11 is 1.52. The van der Waals surface area contributed by atoms with E-state index in [4.69, 9.17) is 0 Å². The zero-order valence-corrected chi connectivity index (χ0v) is 17.2. The number of hydrogen-bond acceptors (Lipinski definition) is 7. The van der Waals surface area contributed by atoms with E-state index in [0.717, 1.165) is 23.6 Å². The minimum absolute atomic E-state index is 0.0428. The molecule has 0 aliphatic rings. The molecule has 0 saturated heterocycles. The molecule has 29 heavy (non-hydrogen) atoms. The maximum Gasteiger partial charge on any atom is 0.214 e. The molecule has 0 aliphatic heterocycles. The number of rotatable bonds is 8. The number of unbranched alkanes of at least 4 members (excludes halogenated alkanes) is 1. The van der Waals surface area contributed by atoms with Crippen LogP contribution in [0.3, 0.4) is 0 Å². The van der Waals surface area contributed by atoms with Crippen molar-refractivity contribution in [2.75, 3.05) is 0 Å². The Labute approximate surface area is 173 Å². The van der Waals surface area contributed by atoms with Crippen LogP contribution in [0.2, 0.25) is 0 Å². The van der Waals surface area contributed by atoms with Gasteiger partial charge < -0.3 is 0 Å². The first kappa shape index (κ1) is 19.3. The Kier molecular flexibility index (Phi) is 5.95. The summed E-state index contributed by atoms with van der Waals surface area (Å²) in [6.45, 7) is 4.25. The van der Waals surface area contributed by atoms with Crippen LogP contribution in [0, 0.1) is 0 Å². The highest BCUT2D eigenvalue weighted by molar-refractivity contribution is 7.99. The molecule has 0 aliphatic carbocycles. The maximum absolute atomic E-state index is 4.22. The molecule has 2 aromatic carbocycles. The van der Waals surface area contributed by atoms with Gasteiger partial charge in [-0.1, -0.05) is 55.4 Å². The van der Waals surface area contributed by atoms with Crippen molar-refractivity contribution < 1.29 is 0 Å². The van der Waals surface area contributed by atoms with Crippen molar-refractivity contribution in [3.05, 3.63) is 66.0 Å². The molecule has 9 heteroatoms. The Morgan fingerprint density at radius 3 is 2.31 bits per heavy atom. The summed E-state index contributed by atoms with van der Waals surface area (Å²) in [6.07, 6.45) is 3.47. The summed E-state index contributed by atoms with van der Waals surface area (Å²) in [5.74, 6) is 0.741. The van der Waals surface area contributed by atoms with Gasteiger partial charge >= 0.3 is 0 Å². The van der Waals surface area contributed by atoms with Crippen LogP contribution in [0.15, 0.2) is 59.8 Å². The second kappa shape index (κ2) is 8.95. The van der Waals surface area contributed by atoms with Crippen molar-refractivity contribution in [1.29, 1.82) is 0 Å². The van der Waals surface area contributed by atoms with E-state index in [-0.39, 0.29) is 5.25 Å². The Morgan fingerprint density at radius 2 is 1.55 bits per heavy atom. The average molecular weight is 407 g/mol. The standard InChI is InChI=1S/C20H22N8S/c1-3-4-8-16-11-13-18(14-12-16)28-20(22-24-26-28)29-15(2)19-21-23-25-27(19)17-9-6-5-7-10-17/h5-7,9-15H,3-4,8H2,1-2H3. The summed E-state index contributed by atoms with van der Waals surface area (Å²) in [5.41, 5.74) is 3.18. The number of aromatic nitrogens is 8. The van der Waals surface area contributed by atoms with E-state index >= 15 is 0 Å². The third-order valence-corrected chi connectivity index (χ3v) is 5.61. The van der Waals surface area contributed by atoms with E-state index in [2.05, 4.69) is 62.2 Å². The topological polar surface area (TPSA) is 87.2 Å². The maximum atomic E-state index is 4.22. The van der Waals surface area contributed by atoms with Gasteiger partial charge in [-0.25, -0.2) is 0 Å². The first-order valence-corrected chi connectivity index (χ1v) is 10.5. The molecule has 1 unspecified atom stereocenters. The van der Waals surface area contributed by atoms with Crippen LogP contribution in [-0.2, 0) is 6.42 Å². The number of thioether (sulfide) groups is 1. The van der Waals surface area contributed by atoms with E-state index in [9.17, 15) is 0 Å². The molecule has 1 atom stereocenters. The molecule has 2 heterocycles. The molecule has 0 fully saturated rings. The average Bonchev–Trinajstić information content (AvgIpc) is 3.43. The molecule has 4 rings (SSSR count). The lowest BCUT2D eigenvalue weighted by Gasteiger charge is -2.11. The lowest BCUT2D eigenvalue weighted by molar-refractivity contribution is 0.746. The Hall–Kier alpha value is -3.07. The lowest BCUT2D eigenvalue weighted by Crippen LogP contribution is -2.06. The normalized spacial score (nSPS) is 12.2. The van der Waals surface area contributed by atoms with Gasteiger partial charge in [0.05, 0.1) is 16.6 Å². The number of tetrazole rings is 2. The van der Waals surface area contributed by atoms with Gasteiger partial charge in [0, 0.05) is 0 Å². The summed E-state index contributed by atoms with van der Waals surface area (Å²) < 4.78 is 3.50. The number of nitrogens with zero attached hydrogens (tertiary/aromatic N) is 8. The smallest absolute Gasteiger partial charge is 0.196 e. The fourth-order valence-electron chi connectivity index (χ4n) is 3.01. The van der Waals surface area contributed by atoms with Gasteiger partial charge in [0.2, 0.25) is 5.16 Å². The predicted octanol–water partition coefficient (Wildman–Crippen LogP) is 3.83. The molecule has 0 spiro atoms. The molecule has 0 N–H and O–H groups in total. The first-order valence-electron chi connectivity index (χ1n) is 9.64. The highest BCUT2D eigenvalue weighted by atomic mass is 32.2. The van der Waals surface area contributed by atoms with Gasteiger partial charge in [-0.3, -0.25) is 0 Å². The molecule has 4 aromatic rings. The highest BCUT2D eigenvalue weighted by Gasteiger charge is 2.20. The fourth-order valence-corrected chi connectivity index (χ4v) is 3.90. The fraction of sp³-hybridized carbons (Fsp3) is 0.300. The summed E-state index contributed by atoms with van der Waals surface area (Å²) in [6, 6.07) is 18.2. The molecule has 0 bridgehead atoms. The Bertz CT molecular complexity index is 1040. The van der Waals surface area contributed by atoms with Gasteiger partial charge in [0.25, 0.3) is 0 Å². The van der Waals surface area contributed by atoms with Crippen LogP contribution in [-0.4, -0.2) is 40.4 Å². The van der Waals surface area contributed by atoms with Gasteiger partial charge in [0.15, 0.2) is 5.82 Å². The van der Waals surface area contributed by atoms with Crippen LogP contribution in [0.1, 0.15) is 43.3 Å². The number of hydrogen-bond donors (Lipinski definition) is 0. The Morgan fingerprint density at radius 1 is 0.862 bits per heavy atom. The molecule has 8 nitrogen and oxygen atoms in total. The van der Waals surface area contributed by atoms with Gasteiger partial charge in [-0.05, 0) is 70.4 Å². The zero-order chi connectivity index (χ0) is 20.1. The zero-order valence-electron chi connectivity index (χ0n) is 16.4. The van der Waals surface area contributed by atoms with Crippen molar-refractivity contribution in [3.8, 4) is 11.4 Å². The predicted molar refractivity (Wildman–Crippen MR) is 111 cm³/mol. The Balaban J connectivity index is 1.53. The summed E-state index contributed by atoms with van der Waals surface area (Å²) in [7, 11) is 0. The van der Waals surface area contributed by atoms with E-state index < -0.39 is 0 Å². The van der Waals surface area contributed by atoms with Crippen molar-refractivity contribution in [1.82, 2.24) is 40.4 Å². The number of aryl methyl sites for hydroxylation is 1.